The molecule has 3 heterocycles. The molecule has 2 aliphatic rings. The molecular formula is C16H18ClN3O3. The fourth-order valence-corrected chi connectivity index (χ4v) is 3.92. The minimum Gasteiger partial charge on any atom is -0.392 e. The zero-order valence-corrected chi connectivity index (χ0v) is 13.9. The highest BCUT2D eigenvalue weighted by Gasteiger charge is 2.58. The molecule has 0 radical (unpaired) electrons. The minimum atomic E-state index is -0.706. The highest BCUT2D eigenvalue weighted by atomic mass is 35.5. The largest absolute Gasteiger partial charge is 0.392 e. The highest BCUT2D eigenvalue weighted by molar-refractivity contribution is 6.33. The van der Waals surface area contributed by atoms with Gasteiger partial charge in [0.15, 0.2) is 5.79 Å². The molecule has 3 atom stereocenters. The number of nitrogens with zero attached hydrogens (tertiary/aromatic N) is 3. The number of aliphatic hydroxyl groups is 1. The van der Waals surface area contributed by atoms with Crippen LogP contribution in [0.4, 0.5) is 0 Å². The van der Waals surface area contributed by atoms with Crippen LogP contribution in [0.5, 0.6) is 0 Å². The monoisotopic (exact) mass is 335 g/mol. The lowest BCUT2D eigenvalue weighted by Crippen LogP contribution is -2.39. The van der Waals surface area contributed by atoms with E-state index in [-0.39, 0.29) is 18.8 Å². The predicted octanol–water partition coefficient (Wildman–Crippen LogP) is 2.47. The number of aliphatic hydroxyl groups excluding tert-OH is 1. The molecule has 1 saturated heterocycles. The van der Waals surface area contributed by atoms with E-state index < -0.39 is 11.4 Å². The summed E-state index contributed by atoms with van der Waals surface area (Å²) < 4.78 is 14.2. The van der Waals surface area contributed by atoms with Crippen LogP contribution in [0, 0.1) is 0 Å². The molecule has 0 aromatic carbocycles. The first-order chi connectivity index (χ1) is 10.9. The standard InChI is InChI=1S/C16H18ClN3O3/c1-15(2)22-12-11(6-9(7-21)16(12,3)23-15)20-5-4-10-13(17)18-8-19-14(10)20/h4-6,8,11-12,21H,7H2,1-3H3/t11-,12+,16-/m1/s1. The van der Waals surface area contributed by atoms with Crippen molar-refractivity contribution in [1.82, 2.24) is 14.5 Å². The van der Waals surface area contributed by atoms with Gasteiger partial charge in [-0.15, -0.1) is 0 Å². The van der Waals surface area contributed by atoms with Crippen LogP contribution >= 0.6 is 11.6 Å². The normalized spacial score (nSPS) is 32.3. The van der Waals surface area contributed by atoms with Crippen molar-refractivity contribution < 1.29 is 14.6 Å². The molecule has 0 saturated carbocycles. The molecule has 1 N–H and O–H groups in total. The number of hydrogen-bond donors (Lipinski definition) is 1. The number of hydrogen-bond acceptors (Lipinski definition) is 5. The maximum Gasteiger partial charge on any atom is 0.164 e. The van der Waals surface area contributed by atoms with Gasteiger partial charge in [0, 0.05) is 6.20 Å². The Kier molecular flexibility index (Phi) is 3.13. The summed E-state index contributed by atoms with van der Waals surface area (Å²) in [5.41, 5.74) is 0.900. The zero-order valence-electron chi connectivity index (χ0n) is 13.2. The van der Waals surface area contributed by atoms with Crippen LogP contribution in [0.1, 0.15) is 26.8 Å². The molecular weight excluding hydrogens is 318 g/mol. The summed E-state index contributed by atoms with van der Waals surface area (Å²) in [7, 11) is 0. The number of ether oxygens (including phenoxy) is 2. The van der Waals surface area contributed by atoms with Crippen molar-refractivity contribution >= 4 is 22.6 Å². The SMILES string of the molecule is CC1(C)O[C@H]2[C@H](n3ccc4c(Cl)ncnc43)C=C(CO)[C@@]2(C)O1. The first kappa shape index (κ1) is 15.1. The molecule has 1 aliphatic carbocycles. The second kappa shape index (κ2) is 4.77. The van der Waals surface area contributed by atoms with Crippen molar-refractivity contribution in [3.63, 3.8) is 0 Å². The fraction of sp³-hybridized carbons (Fsp3) is 0.500. The van der Waals surface area contributed by atoms with Crippen LogP contribution in [0.2, 0.25) is 5.15 Å². The average Bonchev–Trinajstić information content (AvgIpc) is 3.07. The van der Waals surface area contributed by atoms with Crippen molar-refractivity contribution in [2.45, 2.75) is 44.3 Å². The lowest BCUT2D eigenvalue weighted by Gasteiger charge is -2.27. The van der Waals surface area contributed by atoms with Gasteiger partial charge in [0.1, 0.15) is 28.8 Å². The number of aromatic nitrogens is 3. The summed E-state index contributed by atoms with van der Waals surface area (Å²) in [6, 6.07) is 1.76. The van der Waals surface area contributed by atoms with Gasteiger partial charge < -0.3 is 19.1 Å². The lowest BCUT2D eigenvalue weighted by molar-refractivity contribution is -0.158. The summed E-state index contributed by atoms with van der Waals surface area (Å²) in [4.78, 5) is 8.36. The van der Waals surface area contributed by atoms with E-state index in [2.05, 4.69) is 9.97 Å². The Labute approximate surface area is 138 Å². The lowest BCUT2D eigenvalue weighted by atomic mass is 9.95. The van der Waals surface area contributed by atoms with Crippen molar-refractivity contribution in [2.24, 2.45) is 0 Å². The molecule has 2 aromatic heterocycles. The van der Waals surface area contributed by atoms with Crippen molar-refractivity contribution in [2.75, 3.05) is 6.61 Å². The molecule has 0 amide bonds. The smallest absolute Gasteiger partial charge is 0.164 e. The molecule has 0 bridgehead atoms. The number of halogens is 1. The molecule has 23 heavy (non-hydrogen) atoms. The van der Waals surface area contributed by atoms with Crippen LogP contribution < -0.4 is 0 Å². The van der Waals surface area contributed by atoms with Gasteiger partial charge in [-0.05, 0) is 32.4 Å². The van der Waals surface area contributed by atoms with Crippen LogP contribution in [-0.4, -0.2) is 43.7 Å². The average molecular weight is 336 g/mol. The summed E-state index contributed by atoms with van der Waals surface area (Å²) in [6.45, 7) is 5.66. The van der Waals surface area contributed by atoms with Gasteiger partial charge in [-0.25, -0.2) is 9.97 Å². The van der Waals surface area contributed by atoms with Crippen molar-refractivity contribution in [1.29, 1.82) is 0 Å². The summed E-state index contributed by atoms with van der Waals surface area (Å²) in [6.07, 6.45) is 5.11. The van der Waals surface area contributed by atoms with Crippen LogP contribution in [0.3, 0.4) is 0 Å². The Balaban J connectivity index is 1.85. The van der Waals surface area contributed by atoms with Gasteiger partial charge in [-0.3, -0.25) is 0 Å². The van der Waals surface area contributed by atoms with E-state index in [0.29, 0.717) is 5.15 Å². The van der Waals surface area contributed by atoms with E-state index in [1.54, 1.807) is 0 Å². The second-order valence-corrected chi connectivity index (χ2v) is 6.97. The summed E-state index contributed by atoms with van der Waals surface area (Å²) in [5.74, 6) is -0.706. The molecule has 2 aromatic rings. The van der Waals surface area contributed by atoms with E-state index in [1.807, 2.05) is 43.7 Å². The van der Waals surface area contributed by atoms with Crippen molar-refractivity contribution in [3.05, 3.63) is 35.4 Å². The molecule has 6 nitrogen and oxygen atoms in total. The quantitative estimate of drug-likeness (QED) is 0.674. The first-order valence-corrected chi connectivity index (χ1v) is 7.90. The van der Waals surface area contributed by atoms with Crippen molar-refractivity contribution in [3.8, 4) is 0 Å². The second-order valence-electron chi connectivity index (χ2n) is 6.61. The Morgan fingerprint density at radius 3 is 2.87 bits per heavy atom. The number of rotatable bonds is 2. The van der Waals surface area contributed by atoms with E-state index in [0.717, 1.165) is 16.6 Å². The van der Waals surface area contributed by atoms with E-state index in [9.17, 15) is 5.11 Å². The van der Waals surface area contributed by atoms with Gasteiger partial charge in [0.2, 0.25) is 0 Å². The third kappa shape index (κ3) is 2.06. The van der Waals surface area contributed by atoms with Gasteiger partial charge in [0.25, 0.3) is 0 Å². The summed E-state index contributed by atoms with van der Waals surface area (Å²) >= 11 is 6.14. The fourth-order valence-electron chi connectivity index (χ4n) is 3.73. The Morgan fingerprint density at radius 2 is 2.13 bits per heavy atom. The van der Waals surface area contributed by atoms with E-state index >= 15 is 0 Å². The van der Waals surface area contributed by atoms with Gasteiger partial charge in [-0.1, -0.05) is 17.7 Å². The molecule has 0 unspecified atom stereocenters. The highest BCUT2D eigenvalue weighted by Crippen LogP contribution is 2.50. The van der Waals surface area contributed by atoms with Crippen LogP contribution in [0.25, 0.3) is 11.0 Å². The van der Waals surface area contributed by atoms with Gasteiger partial charge in [0.05, 0.1) is 18.0 Å². The Morgan fingerprint density at radius 1 is 1.35 bits per heavy atom. The topological polar surface area (TPSA) is 69.4 Å². The third-order valence-electron chi connectivity index (χ3n) is 4.68. The van der Waals surface area contributed by atoms with Gasteiger partial charge in [-0.2, -0.15) is 0 Å². The molecule has 4 rings (SSSR count). The molecule has 1 aliphatic heterocycles. The van der Waals surface area contributed by atoms with E-state index in [4.69, 9.17) is 21.1 Å². The third-order valence-corrected chi connectivity index (χ3v) is 4.98. The molecule has 7 heteroatoms. The summed E-state index contributed by atoms with van der Waals surface area (Å²) in [5, 5.41) is 11.0. The number of fused-ring (bicyclic) bond motifs is 2. The Hall–Kier alpha value is -1.47. The van der Waals surface area contributed by atoms with E-state index in [1.165, 1.54) is 6.33 Å². The maximum absolute atomic E-state index is 9.76. The zero-order chi connectivity index (χ0) is 16.4. The molecule has 122 valence electrons. The van der Waals surface area contributed by atoms with Crippen LogP contribution in [-0.2, 0) is 9.47 Å². The van der Waals surface area contributed by atoms with Crippen LogP contribution in [0.15, 0.2) is 30.2 Å². The first-order valence-electron chi connectivity index (χ1n) is 7.53. The Bertz CT molecular complexity index is 816. The maximum atomic E-state index is 9.76. The van der Waals surface area contributed by atoms with Gasteiger partial charge >= 0.3 is 0 Å². The molecule has 1 fully saturated rings. The minimum absolute atomic E-state index is 0.0715. The molecule has 0 spiro atoms. The predicted molar refractivity (Wildman–Crippen MR) is 85.2 cm³/mol.